The van der Waals surface area contributed by atoms with Crippen molar-refractivity contribution in [2.24, 2.45) is 0 Å². The van der Waals surface area contributed by atoms with Crippen molar-refractivity contribution >= 4 is 55.0 Å². The van der Waals surface area contributed by atoms with Crippen LogP contribution >= 0.6 is 0 Å². The SMILES string of the molecule is CCC(C)OC(=O)c1ccc2c3ccc(C(=O)OC(C)CC)c4cccc(c5cccc1c52)c43. The third kappa shape index (κ3) is 3.45. The Balaban J connectivity index is 1.79. The highest BCUT2D eigenvalue weighted by Gasteiger charge is 2.21. The molecule has 0 spiro atoms. The fourth-order valence-corrected chi connectivity index (χ4v) is 4.73. The molecule has 4 nitrogen and oxygen atoms in total. The highest BCUT2D eigenvalue weighted by atomic mass is 16.5. The highest BCUT2D eigenvalue weighted by Crippen LogP contribution is 2.42. The lowest BCUT2D eigenvalue weighted by Crippen LogP contribution is -2.14. The minimum Gasteiger partial charge on any atom is -0.459 e. The molecule has 5 aromatic rings. The normalized spacial score (nSPS) is 13.5. The van der Waals surface area contributed by atoms with Gasteiger partial charge in [0.25, 0.3) is 0 Å². The molecule has 0 N–H and O–H groups in total. The molecule has 0 radical (unpaired) electrons. The summed E-state index contributed by atoms with van der Waals surface area (Å²) in [6, 6.07) is 19.8. The first-order valence-corrected chi connectivity index (χ1v) is 12.0. The van der Waals surface area contributed by atoms with Gasteiger partial charge in [0, 0.05) is 0 Å². The maximum absolute atomic E-state index is 13.0. The smallest absolute Gasteiger partial charge is 0.339 e. The summed E-state index contributed by atoms with van der Waals surface area (Å²) in [5.41, 5.74) is 1.15. The molecule has 0 saturated heterocycles. The lowest BCUT2D eigenvalue weighted by molar-refractivity contribution is 0.0327. The summed E-state index contributed by atoms with van der Waals surface area (Å²) < 4.78 is 11.3. The van der Waals surface area contributed by atoms with Crippen molar-refractivity contribution in [3.05, 3.63) is 71.8 Å². The van der Waals surface area contributed by atoms with Gasteiger partial charge in [-0.2, -0.15) is 0 Å². The molecule has 0 saturated carbocycles. The Hall–Kier alpha value is -3.66. The van der Waals surface area contributed by atoms with Crippen LogP contribution in [-0.2, 0) is 9.47 Å². The predicted molar refractivity (Wildman–Crippen MR) is 138 cm³/mol. The zero-order chi connectivity index (χ0) is 24.0. The largest absolute Gasteiger partial charge is 0.459 e. The van der Waals surface area contributed by atoms with Crippen LogP contribution in [0, 0.1) is 0 Å². The van der Waals surface area contributed by atoms with Crippen molar-refractivity contribution in [2.75, 3.05) is 0 Å². The second-order valence-corrected chi connectivity index (χ2v) is 9.03. The van der Waals surface area contributed by atoms with Gasteiger partial charge >= 0.3 is 11.9 Å². The van der Waals surface area contributed by atoms with Gasteiger partial charge in [-0.15, -0.1) is 0 Å². The quantitative estimate of drug-likeness (QED) is 0.151. The minimum absolute atomic E-state index is 0.138. The number of carbonyl (C=O) groups is 2. The molecule has 0 amide bonds. The molecule has 34 heavy (non-hydrogen) atoms. The third-order valence-corrected chi connectivity index (χ3v) is 6.87. The van der Waals surface area contributed by atoms with Gasteiger partial charge in [-0.05, 0) is 81.9 Å². The van der Waals surface area contributed by atoms with E-state index in [4.69, 9.17) is 9.47 Å². The van der Waals surface area contributed by atoms with E-state index in [-0.39, 0.29) is 24.1 Å². The highest BCUT2D eigenvalue weighted by molar-refractivity contribution is 6.35. The van der Waals surface area contributed by atoms with Crippen LogP contribution in [0.2, 0.25) is 0 Å². The van der Waals surface area contributed by atoms with Gasteiger partial charge in [-0.3, -0.25) is 0 Å². The van der Waals surface area contributed by atoms with E-state index in [2.05, 4.69) is 12.1 Å². The Morgan fingerprint density at radius 3 is 1.32 bits per heavy atom. The number of esters is 2. The number of hydrogen-bond donors (Lipinski definition) is 0. The van der Waals surface area contributed by atoms with Crippen LogP contribution < -0.4 is 0 Å². The zero-order valence-electron chi connectivity index (χ0n) is 20.0. The number of carbonyl (C=O) groups excluding carboxylic acids is 2. The van der Waals surface area contributed by atoms with Crippen LogP contribution in [0.4, 0.5) is 0 Å². The topological polar surface area (TPSA) is 52.6 Å². The molecule has 0 heterocycles. The third-order valence-electron chi connectivity index (χ3n) is 6.87. The first kappa shape index (κ1) is 22.1. The summed E-state index contributed by atoms with van der Waals surface area (Å²) in [5.74, 6) is -0.601. The van der Waals surface area contributed by atoms with Crippen molar-refractivity contribution < 1.29 is 19.1 Å². The molecular weight excluding hydrogens is 424 g/mol. The number of ether oxygens (including phenoxy) is 2. The second kappa shape index (κ2) is 8.60. The van der Waals surface area contributed by atoms with Crippen LogP contribution in [-0.4, -0.2) is 24.1 Å². The Kier molecular flexibility index (Phi) is 5.60. The van der Waals surface area contributed by atoms with Crippen LogP contribution in [0.3, 0.4) is 0 Å². The number of hydrogen-bond acceptors (Lipinski definition) is 4. The minimum atomic E-state index is -0.301. The molecule has 0 aliphatic rings. The van der Waals surface area contributed by atoms with Gasteiger partial charge in [0.2, 0.25) is 0 Å². The summed E-state index contributed by atoms with van der Waals surface area (Å²) in [6.45, 7) is 7.81. The molecule has 2 atom stereocenters. The number of fused-ring (bicyclic) bond motifs is 2. The van der Waals surface area contributed by atoms with Crippen LogP contribution in [0.15, 0.2) is 60.7 Å². The van der Waals surface area contributed by atoms with Crippen LogP contribution in [0.1, 0.15) is 61.3 Å². The fourth-order valence-electron chi connectivity index (χ4n) is 4.73. The van der Waals surface area contributed by atoms with E-state index in [1.54, 1.807) is 0 Å². The Morgan fingerprint density at radius 1 is 0.588 bits per heavy atom. The summed E-state index contributed by atoms with van der Waals surface area (Å²) in [7, 11) is 0. The number of rotatable bonds is 6. The van der Waals surface area contributed by atoms with Crippen molar-refractivity contribution in [2.45, 2.75) is 52.7 Å². The number of benzene rings is 5. The molecule has 0 bridgehead atoms. The van der Waals surface area contributed by atoms with E-state index >= 15 is 0 Å². The standard InChI is InChI=1S/C30H28O4/c1-5-17(3)33-29(31)25-15-13-23-24-14-16-26(30(32)34-18(4)6-2)22-12-8-10-20(28(22)24)19-9-7-11-21(25)27(19)23/h7-18H,5-6H2,1-4H3. The second-order valence-electron chi connectivity index (χ2n) is 9.03. The molecular formula is C30H28O4. The molecule has 4 heteroatoms. The zero-order valence-corrected chi connectivity index (χ0v) is 20.0. The van der Waals surface area contributed by atoms with Crippen molar-refractivity contribution in [3.8, 4) is 0 Å². The van der Waals surface area contributed by atoms with Gasteiger partial charge in [0.15, 0.2) is 0 Å². The van der Waals surface area contributed by atoms with Crippen molar-refractivity contribution in [3.63, 3.8) is 0 Å². The van der Waals surface area contributed by atoms with E-state index in [9.17, 15) is 9.59 Å². The van der Waals surface area contributed by atoms with E-state index in [1.807, 2.05) is 76.2 Å². The van der Waals surface area contributed by atoms with Crippen LogP contribution in [0.25, 0.3) is 43.1 Å². The van der Waals surface area contributed by atoms with Gasteiger partial charge in [0.1, 0.15) is 0 Å². The summed E-state index contributed by atoms with van der Waals surface area (Å²) >= 11 is 0. The Labute approximate surface area is 198 Å². The molecule has 2 unspecified atom stereocenters. The molecule has 0 fully saturated rings. The molecule has 0 aromatic heterocycles. The Bertz CT molecular complexity index is 1410. The van der Waals surface area contributed by atoms with E-state index < -0.39 is 0 Å². The summed E-state index contributed by atoms with van der Waals surface area (Å²) in [5, 5.41) is 8.05. The fraction of sp³-hybridized carbons (Fsp3) is 0.267. The van der Waals surface area contributed by atoms with Gasteiger partial charge in [0.05, 0.1) is 23.3 Å². The molecule has 0 aliphatic heterocycles. The molecule has 172 valence electrons. The first-order chi connectivity index (χ1) is 16.4. The van der Waals surface area contributed by atoms with Gasteiger partial charge < -0.3 is 9.47 Å². The average Bonchev–Trinajstić information content (AvgIpc) is 2.86. The Morgan fingerprint density at radius 2 is 0.941 bits per heavy atom. The van der Waals surface area contributed by atoms with Gasteiger partial charge in [-0.25, -0.2) is 9.59 Å². The summed E-state index contributed by atoms with van der Waals surface area (Å²) in [4.78, 5) is 25.9. The van der Waals surface area contributed by atoms with E-state index in [0.717, 1.165) is 55.9 Å². The lowest BCUT2D eigenvalue weighted by Gasteiger charge is -2.18. The van der Waals surface area contributed by atoms with Crippen molar-refractivity contribution in [1.29, 1.82) is 0 Å². The van der Waals surface area contributed by atoms with E-state index in [1.165, 1.54) is 0 Å². The molecule has 0 aliphatic carbocycles. The lowest BCUT2D eigenvalue weighted by atomic mass is 9.87. The monoisotopic (exact) mass is 452 g/mol. The summed E-state index contributed by atoms with van der Waals surface area (Å²) in [6.07, 6.45) is 1.26. The molecule has 5 aromatic carbocycles. The maximum Gasteiger partial charge on any atom is 0.339 e. The first-order valence-electron chi connectivity index (χ1n) is 12.0. The van der Waals surface area contributed by atoms with Crippen molar-refractivity contribution in [1.82, 2.24) is 0 Å². The molecule has 5 rings (SSSR count). The van der Waals surface area contributed by atoms with Gasteiger partial charge in [-0.1, -0.05) is 62.4 Å². The van der Waals surface area contributed by atoms with Crippen LogP contribution in [0.5, 0.6) is 0 Å². The maximum atomic E-state index is 13.0. The average molecular weight is 453 g/mol. The predicted octanol–water partition coefficient (Wildman–Crippen LogP) is 7.65. The van der Waals surface area contributed by atoms with E-state index in [0.29, 0.717) is 11.1 Å².